The van der Waals surface area contributed by atoms with Crippen LogP contribution < -0.4 is 20.5 Å². The van der Waals surface area contributed by atoms with Crippen molar-refractivity contribution in [3.8, 4) is 11.5 Å². The van der Waals surface area contributed by atoms with Crippen LogP contribution in [-0.4, -0.2) is 60.8 Å². The molecule has 9 nitrogen and oxygen atoms in total. The number of hydrogen-bond acceptors (Lipinski definition) is 8. The van der Waals surface area contributed by atoms with Crippen molar-refractivity contribution in [2.45, 2.75) is 45.3 Å². The van der Waals surface area contributed by atoms with E-state index in [1.807, 2.05) is 6.92 Å². The normalized spacial score (nSPS) is 16.5. The van der Waals surface area contributed by atoms with Gasteiger partial charge in [0.1, 0.15) is 24.4 Å². The van der Waals surface area contributed by atoms with E-state index >= 15 is 0 Å². The number of methoxy groups -OCH3 is 2. The molecule has 0 aliphatic carbocycles. The van der Waals surface area contributed by atoms with E-state index in [0.717, 1.165) is 0 Å². The highest BCUT2D eigenvalue weighted by atomic mass is 19.3. The number of nitrogens with two attached hydrogens (primary N) is 1. The minimum Gasteiger partial charge on any atom is -0.493 e. The summed E-state index contributed by atoms with van der Waals surface area (Å²) in [7, 11) is 2.78. The predicted octanol–water partition coefficient (Wildman–Crippen LogP) is 4.44. The number of benzene rings is 2. The maximum Gasteiger partial charge on any atom is 0.296 e. The molecule has 1 aliphatic heterocycles. The zero-order valence-corrected chi connectivity index (χ0v) is 22.2. The van der Waals surface area contributed by atoms with E-state index in [0.29, 0.717) is 59.1 Å². The lowest BCUT2D eigenvalue weighted by Crippen LogP contribution is -2.28. The van der Waals surface area contributed by atoms with Crippen LogP contribution in [0.1, 0.15) is 43.3 Å². The Morgan fingerprint density at radius 1 is 1.21 bits per heavy atom. The molecule has 0 radical (unpaired) electrons. The summed E-state index contributed by atoms with van der Waals surface area (Å²) in [6.07, 6.45) is 0.533. The van der Waals surface area contributed by atoms with E-state index in [4.69, 9.17) is 15.2 Å². The second kappa shape index (κ2) is 10.9. The standard InChI is InChI=1S/C27H33F2N5O4/c1-15(18-8-19(10-20(30)9-18)27(28,29)14-36-4)31-26-22-11-25(38-21-6-7-34(13-21)17(3)35)24(37-5)12-23(22)32-16(2)33-26/h8-12,15,21H,6-7,13-14,30H2,1-5H3,(H,31,32,33)/t15-,21+/m1/s1. The molecule has 3 N–H and O–H groups in total. The maximum atomic E-state index is 14.6. The molecule has 1 fully saturated rings. The molecule has 11 heteroatoms. The number of anilines is 2. The first-order chi connectivity index (χ1) is 18.0. The number of nitrogens with zero attached hydrogens (tertiary/aromatic N) is 3. The summed E-state index contributed by atoms with van der Waals surface area (Å²) in [6, 6.07) is 7.48. The number of amides is 1. The Bertz CT molecular complexity index is 1340. The van der Waals surface area contributed by atoms with E-state index in [1.165, 1.54) is 19.2 Å². The quantitative estimate of drug-likeness (QED) is 0.392. The summed E-state index contributed by atoms with van der Waals surface area (Å²) in [5.74, 6) is -1.12. The van der Waals surface area contributed by atoms with Gasteiger partial charge in [-0.2, -0.15) is 8.78 Å². The molecule has 3 aromatic rings. The monoisotopic (exact) mass is 529 g/mol. The van der Waals surface area contributed by atoms with Gasteiger partial charge in [0.25, 0.3) is 5.92 Å². The molecule has 2 aromatic carbocycles. The van der Waals surface area contributed by atoms with Crippen LogP contribution in [-0.2, 0) is 15.5 Å². The van der Waals surface area contributed by atoms with Gasteiger partial charge in [0.05, 0.1) is 25.2 Å². The number of rotatable bonds is 9. The summed E-state index contributed by atoms with van der Waals surface area (Å²) in [5.41, 5.74) is 7.18. The van der Waals surface area contributed by atoms with Crippen LogP contribution >= 0.6 is 0 Å². The summed E-state index contributed by atoms with van der Waals surface area (Å²) >= 11 is 0. The van der Waals surface area contributed by atoms with Crippen molar-refractivity contribution < 1.29 is 27.8 Å². The third kappa shape index (κ3) is 5.88. The van der Waals surface area contributed by atoms with Gasteiger partial charge in [0, 0.05) is 49.7 Å². The number of ether oxygens (including phenoxy) is 3. The van der Waals surface area contributed by atoms with Gasteiger partial charge in [-0.25, -0.2) is 9.97 Å². The summed E-state index contributed by atoms with van der Waals surface area (Å²) in [5, 5.41) is 4.00. The highest BCUT2D eigenvalue weighted by molar-refractivity contribution is 5.92. The van der Waals surface area contributed by atoms with Gasteiger partial charge >= 0.3 is 0 Å². The Morgan fingerprint density at radius 2 is 1.97 bits per heavy atom. The lowest BCUT2D eigenvalue weighted by molar-refractivity contribution is -0.128. The third-order valence-electron chi connectivity index (χ3n) is 6.56. The highest BCUT2D eigenvalue weighted by Gasteiger charge is 2.32. The SMILES string of the molecule is COCC(F)(F)c1cc(N)cc([C@@H](C)Nc2nc(C)nc3cc(OC)c(O[C@H]4CCN(C(C)=O)C4)cc23)c1. The number of fused-ring (bicyclic) bond motifs is 1. The van der Waals surface area contributed by atoms with Crippen molar-refractivity contribution in [3.63, 3.8) is 0 Å². The number of alkyl halides is 2. The first-order valence-corrected chi connectivity index (χ1v) is 12.3. The molecular weight excluding hydrogens is 496 g/mol. The van der Waals surface area contributed by atoms with Crippen molar-refractivity contribution in [3.05, 3.63) is 47.3 Å². The Morgan fingerprint density at radius 3 is 2.63 bits per heavy atom. The molecule has 1 saturated heterocycles. The van der Waals surface area contributed by atoms with E-state index in [9.17, 15) is 13.6 Å². The number of halogens is 2. The summed E-state index contributed by atoms with van der Waals surface area (Å²) in [6.45, 7) is 5.53. The fourth-order valence-corrected chi connectivity index (χ4v) is 4.60. The van der Waals surface area contributed by atoms with Crippen LogP contribution in [0.5, 0.6) is 11.5 Å². The minimum atomic E-state index is -3.18. The Hall–Kier alpha value is -3.73. The zero-order valence-electron chi connectivity index (χ0n) is 22.2. The molecule has 0 saturated carbocycles. The lowest BCUT2D eigenvalue weighted by Gasteiger charge is -2.22. The van der Waals surface area contributed by atoms with Crippen molar-refractivity contribution in [1.29, 1.82) is 0 Å². The van der Waals surface area contributed by atoms with E-state index in [1.54, 1.807) is 44.1 Å². The van der Waals surface area contributed by atoms with Crippen molar-refractivity contribution in [2.24, 2.45) is 0 Å². The highest BCUT2D eigenvalue weighted by Crippen LogP contribution is 2.37. The number of aromatic nitrogens is 2. The molecule has 4 rings (SSSR count). The van der Waals surface area contributed by atoms with Gasteiger partial charge in [-0.15, -0.1) is 0 Å². The number of carbonyl (C=O) groups excluding carboxylic acids is 1. The van der Waals surface area contributed by atoms with Crippen molar-refractivity contribution in [2.75, 3.05) is 45.0 Å². The Balaban J connectivity index is 1.67. The molecule has 1 aliphatic rings. The second-order valence-corrected chi connectivity index (χ2v) is 9.53. The average Bonchev–Trinajstić information content (AvgIpc) is 3.32. The molecule has 0 bridgehead atoms. The number of hydrogen-bond donors (Lipinski definition) is 2. The topological polar surface area (TPSA) is 112 Å². The smallest absolute Gasteiger partial charge is 0.296 e. The van der Waals surface area contributed by atoms with Gasteiger partial charge in [0.15, 0.2) is 11.5 Å². The van der Waals surface area contributed by atoms with E-state index < -0.39 is 18.6 Å². The number of nitrogens with one attached hydrogen (secondary N) is 1. The van der Waals surface area contributed by atoms with Crippen LogP contribution in [0.3, 0.4) is 0 Å². The molecule has 1 aromatic heterocycles. The van der Waals surface area contributed by atoms with Crippen LogP contribution in [0.15, 0.2) is 30.3 Å². The van der Waals surface area contributed by atoms with Gasteiger partial charge < -0.3 is 30.2 Å². The molecule has 0 spiro atoms. The van der Waals surface area contributed by atoms with E-state index in [-0.39, 0.29) is 23.3 Å². The van der Waals surface area contributed by atoms with Gasteiger partial charge in [-0.05, 0) is 43.7 Å². The molecular formula is C27H33F2N5O4. The first kappa shape index (κ1) is 27.3. The maximum absolute atomic E-state index is 14.6. The van der Waals surface area contributed by atoms with Crippen LogP contribution in [0.2, 0.25) is 0 Å². The minimum absolute atomic E-state index is 0.00983. The Kier molecular flexibility index (Phi) is 7.86. The van der Waals surface area contributed by atoms with Crippen LogP contribution in [0.25, 0.3) is 10.9 Å². The van der Waals surface area contributed by atoms with Crippen molar-refractivity contribution in [1.82, 2.24) is 14.9 Å². The summed E-state index contributed by atoms with van der Waals surface area (Å²) < 4.78 is 45.6. The molecule has 0 unspecified atom stereocenters. The number of aryl methyl sites for hydroxylation is 1. The average molecular weight is 530 g/mol. The van der Waals surface area contributed by atoms with Gasteiger partial charge in [0.2, 0.25) is 5.91 Å². The second-order valence-electron chi connectivity index (χ2n) is 9.53. The van der Waals surface area contributed by atoms with E-state index in [2.05, 4.69) is 20.0 Å². The van der Waals surface area contributed by atoms with Gasteiger partial charge in [-0.1, -0.05) is 0 Å². The summed E-state index contributed by atoms with van der Waals surface area (Å²) in [4.78, 5) is 22.6. The van der Waals surface area contributed by atoms with Crippen LogP contribution in [0.4, 0.5) is 20.3 Å². The molecule has 2 heterocycles. The predicted molar refractivity (Wildman–Crippen MR) is 141 cm³/mol. The largest absolute Gasteiger partial charge is 0.493 e. The fourth-order valence-electron chi connectivity index (χ4n) is 4.60. The Labute approximate surface area is 220 Å². The number of likely N-dealkylation sites (tertiary alicyclic amines) is 1. The number of nitrogen functional groups attached to an aromatic ring is 1. The van der Waals surface area contributed by atoms with Crippen LogP contribution in [0, 0.1) is 6.92 Å². The fraction of sp³-hybridized carbons (Fsp3) is 0.444. The molecule has 2 atom stereocenters. The molecule has 204 valence electrons. The lowest BCUT2D eigenvalue weighted by atomic mass is 10.00. The zero-order chi connectivity index (χ0) is 27.6. The first-order valence-electron chi connectivity index (χ1n) is 12.3. The molecule has 38 heavy (non-hydrogen) atoms. The van der Waals surface area contributed by atoms with Gasteiger partial charge in [-0.3, -0.25) is 4.79 Å². The third-order valence-corrected chi connectivity index (χ3v) is 6.56. The van der Waals surface area contributed by atoms with Crippen molar-refractivity contribution >= 4 is 28.3 Å². The molecule has 1 amide bonds. The number of carbonyl (C=O) groups is 1.